The van der Waals surface area contributed by atoms with Gasteiger partial charge in [-0.25, -0.2) is 0 Å². The zero-order chi connectivity index (χ0) is 51.5. The summed E-state index contributed by atoms with van der Waals surface area (Å²) in [5.41, 5.74) is 0. The first kappa shape index (κ1) is 62.2. The van der Waals surface area contributed by atoms with E-state index in [1.807, 2.05) is 0 Å². The molecule has 4 saturated heterocycles. The molecule has 18 heteroatoms. The maximum absolute atomic E-state index is 6.99. The topological polar surface area (TPSA) is 106 Å². The Labute approximate surface area is 439 Å². The van der Waals surface area contributed by atoms with Gasteiger partial charge in [0.15, 0.2) is 66.5 Å². The molecule has 6 fully saturated rings. The molecule has 2 saturated carbocycles. The molecular formula is C52H112O10Si8. The van der Waals surface area contributed by atoms with Crippen LogP contribution in [0.5, 0.6) is 0 Å². The largest absolute Gasteiger partial charge is 0.455 e. The van der Waals surface area contributed by atoms with E-state index in [0.717, 1.165) is 64.3 Å². The molecule has 0 aromatic heterocycles. The molecule has 0 radical (unpaired) electrons. The second kappa shape index (κ2) is 27.3. The molecule has 0 bridgehead atoms. The van der Waals surface area contributed by atoms with Gasteiger partial charge in [0, 0.05) is 13.2 Å². The minimum atomic E-state index is -1.63. The van der Waals surface area contributed by atoms with Crippen LogP contribution in [0.4, 0.5) is 0 Å². The second-order valence-electron chi connectivity index (χ2n) is 28.0. The summed E-state index contributed by atoms with van der Waals surface area (Å²) in [4.78, 5) is 0. The summed E-state index contributed by atoms with van der Waals surface area (Å²) in [7, 11) is -12.9. The Morgan fingerprint density at radius 2 is 0.614 bits per heavy atom. The molecule has 6 aliphatic rings. The first-order chi connectivity index (χ1) is 32.5. The molecule has 70 heavy (non-hydrogen) atoms. The molecule has 4 aliphatic heterocycles. The number of unbranched alkanes of at least 4 members (excludes halogenated alkanes) is 2. The Kier molecular flexibility index (Phi) is 24.2. The maximum Gasteiger partial charge on any atom is 0.173 e. The quantitative estimate of drug-likeness (QED) is 0.0342. The number of hydrogen-bond donors (Lipinski definition) is 0. The van der Waals surface area contributed by atoms with Gasteiger partial charge < -0.3 is 44.9 Å². The molecule has 4 heterocycles. The molecule has 8 unspecified atom stereocenters. The van der Waals surface area contributed by atoms with Crippen molar-refractivity contribution in [3.05, 3.63) is 0 Å². The van der Waals surface area contributed by atoms with Gasteiger partial charge in [-0.15, -0.1) is 0 Å². The highest BCUT2D eigenvalue weighted by Gasteiger charge is 2.46. The van der Waals surface area contributed by atoms with Crippen LogP contribution in [0.2, 0.25) is 153 Å². The molecule has 0 aromatic carbocycles. The monoisotopic (exact) mass is 1120 g/mol. The minimum Gasteiger partial charge on any atom is -0.455 e. The third-order valence-corrected chi connectivity index (χ3v) is 45.9. The van der Waals surface area contributed by atoms with Gasteiger partial charge >= 0.3 is 0 Å². The van der Waals surface area contributed by atoms with Crippen molar-refractivity contribution in [3.63, 3.8) is 0 Å². The third kappa shape index (κ3) is 27.1. The molecule has 10 nitrogen and oxygen atoms in total. The number of epoxide rings is 4. The summed E-state index contributed by atoms with van der Waals surface area (Å²) in [5.74, 6) is 1.77. The summed E-state index contributed by atoms with van der Waals surface area (Å²) in [6, 6.07) is 10.1. The lowest BCUT2D eigenvalue weighted by Crippen LogP contribution is -2.45. The van der Waals surface area contributed by atoms with E-state index in [0.29, 0.717) is 36.6 Å². The van der Waals surface area contributed by atoms with E-state index in [2.05, 4.69) is 105 Å². The standard InChI is InChI=1S/C28H58O4Si4.C24H54O6Si4/c1-33(2,31-35(5,6)19-15-23-11-13-25-27(21-23)29-25)17-9-10-18-34(3,4)32-36(7,8)20-16-24-12-14-26-28(22-24)30-26;1-31(2,29-33(5,6)17-11-13-25-19-23-21-27-23)15-9-10-16-32(3,4)30-34(7,8)18-12-14-26-20-24-22-28-24/h23-28H,9-22H2,1-8H3;23-24H,9-22H2,1-8H3. The lowest BCUT2D eigenvalue weighted by Gasteiger charge is -2.36. The molecule has 6 rings (SSSR count). The van der Waals surface area contributed by atoms with E-state index in [4.69, 9.17) is 44.9 Å². The Hall–Kier alpha value is 1.34. The van der Waals surface area contributed by atoms with Crippen LogP contribution < -0.4 is 0 Å². The number of fused-ring (bicyclic) bond motifs is 2. The van der Waals surface area contributed by atoms with Gasteiger partial charge in [-0.05, 0) is 216 Å². The van der Waals surface area contributed by atoms with Gasteiger partial charge in [0.2, 0.25) is 0 Å². The second-order valence-corrected chi connectivity index (χ2v) is 63.5. The van der Waals surface area contributed by atoms with E-state index in [9.17, 15) is 0 Å². The fourth-order valence-electron chi connectivity index (χ4n) is 12.2. The average molecular weight is 1120 g/mol. The zero-order valence-corrected chi connectivity index (χ0v) is 56.5. The highest BCUT2D eigenvalue weighted by atomic mass is 28.4. The third-order valence-electron chi connectivity index (χ3n) is 15.9. The zero-order valence-electron chi connectivity index (χ0n) is 48.5. The van der Waals surface area contributed by atoms with Crippen molar-refractivity contribution in [3.8, 4) is 0 Å². The van der Waals surface area contributed by atoms with Gasteiger partial charge in [0.1, 0.15) is 12.2 Å². The van der Waals surface area contributed by atoms with Crippen LogP contribution >= 0.6 is 0 Å². The van der Waals surface area contributed by atoms with Gasteiger partial charge in [0.25, 0.3) is 0 Å². The molecule has 0 amide bonds. The van der Waals surface area contributed by atoms with Crippen molar-refractivity contribution in [1.29, 1.82) is 0 Å². The van der Waals surface area contributed by atoms with Crippen molar-refractivity contribution in [2.75, 3.05) is 39.6 Å². The van der Waals surface area contributed by atoms with Gasteiger partial charge in [0.05, 0.1) is 50.8 Å². The fraction of sp³-hybridized carbons (Fsp3) is 1.00. The number of rotatable bonds is 36. The van der Waals surface area contributed by atoms with Crippen molar-refractivity contribution in [1.82, 2.24) is 0 Å². The Morgan fingerprint density at radius 3 is 0.886 bits per heavy atom. The Morgan fingerprint density at radius 1 is 0.343 bits per heavy atom. The van der Waals surface area contributed by atoms with E-state index >= 15 is 0 Å². The van der Waals surface area contributed by atoms with E-state index in [1.165, 1.54) is 125 Å². The van der Waals surface area contributed by atoms with E-state index in [-0.39, 0.29) is 0 Å². The summed E-state index contributed by atoms with van der Waals surface area (Å²) >= 11 is 0. The predicted molar refractivity (Wildman–Crippen MR) is 313 cm³/mol. The molecule has 0 N–H and O–H groups in total. The smallest absolute Gasteiger partial charge is 0.173 e. The average Bonchev–Trinajstić information content (AvgIpc) is 4.00. The van der Waals surface area contributed by atoms with Crippen LogP contribution in [0, 0.1) is 11.8 Å². The first-order valence-corrected chi connectivity index (χ1v) is 53.9. The maximum atomic E-state index is 6.99. The highest BCUT2D eigenvalue weighted by Crippen LogP contribution is 2.43. The molecule has 2 aliphatic carbocycles. The normalized spacial score (nSPS) is 27.1. The van der Waals surface area contributed by atoms with Crippen LogP contribution in [-0.4, -0.2) is 143 Å². The van der Waals surface area contributed by atoms with Crippen LogP contribution in [0.1, 0.15) is 89.9 Å². The predicted octanol–water partition coefficient (Wildman–Crippen LogP) is 14.8. The van der Waals surface area contributed by atoms with Crippen molar-refractivity contribution in [2.24, 2.45) is 11.8 Å². The van der Waals surface area contributed by atoms with Gasteiger partial charge in [-0.3, -0.25) is 0 Å². The summed E-state index contributed by atoms with van der Waals surface area (Å²) in [6.45, 7) is 43.9. The lowest BCUT2D eigenvalue weighted by atomic mass is 9.88. The first-order valence-electron chi connectivity index (χ1n) is 29.0. The van der Waals surface area contributed by atoms with Crippen LogP contribution in [0.25, 0.3) is 0 Å². The fourth-order valence-corrected chi connectivity index (χ4v) is 48.0. The van der Waals surface area contributed by atoms with Gasteiger partial charge in [-0.1, -0.05) is 38.5 Å². The van der Waals surface area contributed by atoms with Crippen molar-refractivity contribution in [2.45, 2.75) is 280 Å². The van der Waals surface area contributed by atoms with Gasteiger partial charge in [-0.2, -0.15) is 0 Å². The highest BCUT2D eigenvalue weighted by molar-refractivity contribution is 6.86. The molecular weight excluding hydrogens is 1010 g/mol. The molecule has 0 spiro atoms. The Bertz CT molecular complexity index is 1420. The summed E-state index contributed by atoms with van der Waals surface area (Å²) < 4.78 is 60.9. The summed E-state index contributed by atoms with van der Waals surface area (Å²) in [5, 5.41) is 0. The van der Waals surface area contributed by atoms with E-state index in [1.54, 1.807) is 0 Å². The number of hydrogen-bond acceptors (Lipinski definition) is 10. The molecule has 8 atom stereocenters. The molecule has 412 valence electrons. The van der Waals surface area contributed by atoms with Crippen LogP contribution in [0.3, 0.4) is 0 Å². The van der Waals surface area contributed by atoms with Crippen molar-refractivity contribution < 1.29 is 44.9 Å². The lowest BCUT2D eigenvalue weighted by molar-refractivity contribution is 0.116. The number of ether oxygens (including phenoxy) is 6. The summed E-state index contributed by atoms with van der Waals surface area (Å²) in [6.07, 6.45) is 21.3. The van der Waals surface area contributed by atoms with Crippen molar-refractivity contribution >= 4 is 66.5 Å². The van der Waals surface area contributed by atoms with E-state index < -0.39 is 66.5 Å². The Balaban J connectivity index is 0.000000261. The van der Waals surface area contributed by atoms with Crippen LogP contribution in [-0.2, 0) is 44.9 Å². The SMILES string of the molecule is C[Si](C)(CCCC[Si](C)(C)O[Si](C)(C)CCC1CCC2OC2C1)O[Si](C)(C)CCC1CCC2OC2C1.C[Si](C)(CCCC[Si](C)(C)O[Si](C)(C)CCCOCC1CO1)O[Si](C)(C)CCCOCC1CO1. The van der Waals surface area contributed by atoms with Crippen LogP contribution in [0.15, 0.2) is 0 Å². The minimum absolute atomic E-state index is 0.367. The molecule has 0 aromatic rings.